The van der Waals surface area contributed by atoms with Crippen molar-refractivity contribution in [3.63, 3.8) is 0 Å². The average molecular weight is 458 g/mol. The summed E-state index contributed by atoms with van der Waals surface area (Å²) in [4.78, 5) is 27.0. The van der Waals surface area contributed by atoms with Gasteiger partial charge in [0.1, 0.15) is 5.75 Å². The highest BCUT2D eigenvalue weighted by Crippen LogP contribution is 2.32. The van der Waals surface area contributed by atoms with Crippen LogP contribution in [-0.4, -0.2) is 44.3 Å². The Morgan fingerprint density at radius 3 is 2.32 bits per heavy atom. The number of ether oxygens (including phenoxy) is 2. The summed E-state index contributed by atoms with van der Waals surface area (Å²) in [6, 6.07) is 22.8. The first kappa shape index (κ1) is 22.9. The molecule has 1 aromatic heterocycles. The van der Waals surface area contributed by atoms with E-state index in [9.17, 15) is 9.59 Å². The number of methoxy groups -OCH3 is 1. The van der Waals surface area contributed by atoms with Gasteiger partial charge in [0.15, 0.2) is 6.61 Å². The average Bonchev–Trinajstić information content (AvgIpc) is 3.14. The van der Waals surface area contributed by atoms with Crippen LogP contribution in [-0.2, 0) is 9.53 Å². The van der Waals surface area contributed by atoms with Gasteiger partial charge in [0.25, 0.3) is 5.91 Å². The van der Waals surface area contributed by atoms with Crippen LogP contribution in [0.3, 0.4) is 0 Å². The Labute approximate surface area is 198 Å². The SMILES string of the molecule is COC(=O)c1c(C)n(-c2ccccc2)c2ccc(OCC(=O)Nc3ccc(N(C)C)cc3)cc12. The van der Waals surface area contributed by atoms with Crippen LogP contribution in [0.15, 0.2) is 72.8 Å². The maximum atomic E-state index is 12.6. The van der Waals surface area contributed by atoms with Crippen LogP contribution in [0.2, 0.25) is 0 Å². The highest BCUT2D eigenvalue weighted by Gasteiger charge is 2.22. The summed E-state index contributed by atoms with van der Waals surface area (Å²) in [6.07, 6.45) is 0. The molecule has 0 aliphatic heterocycles. The molecule has 7 heteroatoms. The van der Waals surface area contributed by atoms with Crippen molar-refractivity contribution in [3.05, 3.63) is 84.1 Å². The van der Waals surface area contributed by atoms with E-state index in [1.807, 2.05) is 91.1 Å². The first-order valence-electron chi connectivity index (χ1n) is 10.9. The smallest absolute Gasteiger partial charge is 0.340 e. The lowest BCUT2D eigenvalue weighted by molar-refractivity contribution is -0.118. The number of aromatic nitrogens is 1. The molecule has 0 saturated heterocycles. The lowest BCUT2D eigenvalue weighted by atomic mass is 10.1. The summed E-state index contributed by atoms with van der Waals surface area (Å²) in [7, 11) is 5.28. The van der Waals surface area contributed by atoms with Crippen LogP contribution in [0.1, 0.15) is 16.1 Å². The second kappa shape index (κ2) is 9.70. The van der Waals surface area contributed by atoms with Crippen LogP contribution in [0.5, 0.6) is 5.75 Å². The molecule has 1 N–H and O–H groups in total. The predicted molar refractivity (Wildman–Crippen MR) is 134 cm³/mol. The van der Waals surface area contributed by atoms with E-state index in [0.29, 0.717) is 22.4 Å². The summed E-state index contributed by atoms with van der Waals surface area (Å²) in [6.45, 7) is 1.72. The van der Waals surface area contributed by atoms with E-state index < -0.39 is 5.97 Å². The van der Waals surface area contributed by atoms with Crippen LogP contribution < -0.4 is 15.0 Å². The van der Waals surface area contributed by atoms with Crippen LogP contribution in [0.4, 0.5) is 11.4 Å². The summed E-state index contributed by atoms with van der Waals surface area (Å²) in [5, 5.41) is 3.53. The summed E-state index contributed by atoms with van der Waals surface area (Å²) in [5.41, 5.74) is 4.76. The number of rotatable bonds is 7. The number of hydrogen-bond acceptors (Lipinski definition) is 5. The normalized spacial score (nSPS) is 10.7. The number of anilines is 2. The molecule has 3 aromatic carbocycles. The van der Waals surface area contributed by atoms with Crippen molar-refractivity contribution in [3.8, 4) is 11.4 Å². The van der Waals surface area contributed by atoms with Crippen molar-refractivity contribution >= 4 is 34.2 Å². The van der Waals surface area contributed by atoms with E-state index in [1.165, 1.54) is 7.11 Å². The van der Waals surface area contributed by atoms with Gasteiger partial charge in [-0.15, -0.1) is 0 Å². The van der Waals surface area contributed by atoms with Gasteiger partial charge in [0.2, 0.25) is 0 Å². The molecule has 0 radical (unpaired) electrons. The second-order valence-electron chi connectivity index (χ2n) is 8.08. The van der Waals surface area contributed by atoms with Gasteiger partial charge in [0, 0.05) is 42.2 Å². The highest BCUT2D eigenvalue weighted by molar-refractivity contribution is 6.07. The number of amides is 1. The number of nitrogens with zero attached hydrogens (tertiary/aromatic N) is 2. The summed E-state index contributed by atoms with van der Waals surface area (Å²) in [5.74, 6) is -0.210. The van der Waals surface area contributed by atoms with Crippen molar-refractivity contribution in [1.29, 1.82) is 0 Å². The number of hydrogen-bond donors (Lipinski definition) is 1. The molecule has 0 saturated carbocycles. The minimum Gasteiger partial charge on any atom is -0.484 e. The first-order chi connectivity index (χ1) is 16.4. The molecule has 7 nitrogen and oxygen atoms in total. The molecule has 1 amide bonds. The van der Waals surface area contributed by atoms with Gasteiger partial charge in [-0.2, -0.15) is 0 Å². The molecule has 4 rings (SSSR count). The van der Waals surface area contributed by atoms with Crippen LogP contribution in [0, 0.1) is 6.92 Å². The topological polar surface area (TPSA) is 72.8 Å². The highest BCUT2D eigenvalue weighted by atomic mass is 16.5. The minimum atomic E-state index is -0.423. The van der Waals surface area contributed by atoms with Gasteiger partial charge >= 0.3 is 5.97 Å². The van der Waals surface area contributed by atoms with E-state index in [1.54, 1.807) is 12.1 Å². The maximum Gasteiger partial charge on any atom is 0.340 e. The molecule has 1 heterocycles. The van der Waals surface area contributed by atoms with Crippen molar-refractivity contribution in [1.82, 2.24) is 4.57 Å². The Morgan fingerprint density at radius 1 is 0.971 bits per heavy atom. The second-order valence-corrected chi connectivity index (χ2v) is 8.08. The Bertz CT molecular complexity index is 1330. The minimum absolute atomic E-state index is 0.160. The van der Waals surface area contributed by atoms with Crippen LogP contribution >= 0.6 is 0 Å². The number of carbonyl (C=O) groups is 2. The summed E-state index contributed by atoms with van der Waals surface area (Å²) >= 11 is 0. The van der Waals surface area contributed by atoms with Gasteiger partial charge in [-0.05, 0) is 61.5 Å². The quantitative estimate of drug-likeness (QED) is 0.403. The van der Waals surface area contributed by atoms with Crippen LogP contribution in [0.25, 0.3) is 16.6 Å². The van der Waals surface area contributed by atoms with Crippen molar-refractivity contribution < 1.29 is 19.1 Å². The number of benzene rings is 3. The van der Waals surface area contributed by atoms with Crippen molar-refractivity contribution in [2.45, 2.75) is 6.92 Å². The summed E-state index contributed by atoms with van der Waals surface area (Å²) < 4.78 is 12.8. The molecule has 4 aromatic rings. The fourth-order valence-electron chi connectivity index (χ4n) is 3.95. The Morgan fingerprint density at radius 2 is 1.68 bits per heavy atom. The number of esters is 1. The molecule has 0 spiro atoms. The fourth-order valence-corrected chi connectivity index (χ4v) is 3.95. The third-order valence-corrected chi connectivity index (χ3v) is 5.62. The van der Waals surface area contributed by atoms with E-state index in [-0.39, 0.29) is 12.5 Å². The molecule has 0 unspecified atom stereocenters. The molecular weight excluding hydrogens is 430 g/mol. The molecule has 0 fully saturated rings. The van der Waals surface area contributed by atoms with Gasteiger partial charge < -0.3 is 24.3 Å². The van der Waals surface area contributed by atoms with Gasteiger partial charge in [0.05, 0.1) is 18.2 Å². The molecule has 34 heavy (non-hydrogen) atoms. The third kappa shape index (κ3) is 4.59. The zero-order chi connectivity index (χ0) is 24.2. The zero-order valence-corrected chi connectivity index (χ0v) is 19.7. The van der Waals surface area contributed by atoms with E-state index in [2.05, 4.69) is 5.32 Å². The number of nitrogens with one attached hydrogen (secondary N) is 1. The van der Waals surface area contributed by atoms with Gasteiger partial charge in [-0.3, -0.25) is 4.79 Å². The van der Waals surface area contributed by atoms with E-state index >= 15 is 0 Å². The molecule has 174 valence electrons. The van der Waals surface area contributed by atoms with Gasteiger partial charge in [-0.1, -0.05) is 18.2 Å². The lowest BCUT2D eigenvalue weighted by Crippen LogP contribution is -2.20. The van der Waals surface area contributed by atoms with Crippen molar-refractivity contribution in [2.75, 3.05) is 38.0 Å². The number of carbonyl (C=O) groups excluding carboxylic acids is 2. The molecule has 0 atom stereocenters. The lowest BCUT2D eigenvalue weighted by Gasteiger charge is -2.13. The monoisotopic (exact) mass is 457 g/mol. The zero-order valence-electron chi connectivity index (χ0n) is 19.7. The Hall–Kier alpha value is -4.26. The molecule has 0 aliphatic rings. The van der Waals surface area contributed by atoms with E-state index in [0.717, 1.165) is 22.6 Å². The standard InChI is InChI=1S/C27H27N3O4/c1-18-26(27(32)33-4)23-16-22(14-15-24(23)30(18)21-8-6-5-7-9-21)34-17-25(31)28-19-10-12-20(13-11-19)29(2)3/h5-16H,17H2,1-4H3,(H,28,31). The Balaban J connectivity index is 1.57. The largest absolute Gasteiger partial charge is 0.484 e. The molecule has 0 bridgehead atoms. The Kier molecular flexibility index (Phi) is 6.54. The molecular formula is C27H27N3O4. The number of para-hydroxylation sites is 1. The number of fused-ring (bicyclic) bond motifs is 1. The predicted octanol–water partition coefficient (Wildman–Crippen LogP) is 4.81. The first-order valence-corrected chi connectivity index (χ1v) is 10.9. The fraction of sp³-hybridized carbons (Fsp3) is 0.185. The maximum absolute atomic E-state index is 12.6. The molecule has 0 aliphatic carbocycles. The van der Waals surface area contributed by atoms with Crippen molar-refractivity contribution in [2.24, 2.45) is 0 Å². The third-order valence-electron chi connectivity index (χ3n) is 5.62. The van der Waals surface area contributed by atoms with Gasteiger partial charge in [-0.25, -0.2) is 4.79 Å². The van der Waals surface area contributed by atoms with E-state index in [4.69, 9.17) is 9.47 Å².